The SMILES string of the molecule is C=C1C(=O)O[C@H]2C[C@]3(C)C([C@@H](O)[C@H]12)[C@](C)(O)CC[C@H]3O. The average molecular weight is 282 g/mol. The van der Waals surface area contributed by atoms with Crippen molar-refractivity contribution in [2.24, 2.45) is 17.3 Å². The molecule has 5 heteroatoms. The van der Waals surface area contributed by atoms with E-state index in [1.54, 1.807) is 6.92 Å². The molecule has 7 atom stereocenters. The number of fused-ring (bicyclic) bond motifs is 2. The molecule has 2 saturated carbocycles. The van der Waals surface area contributed by atoms with Gasteiger partial charge in [0.1, 0.15) is 6.10 Å². The quantitative estimate of drug-likeness (QED) is 0.441. The van der Waals surface area contributed by atoms with Crippen LogP contribution in [0.2, 0.25) is 0 Å². The third-order valence-electron chi connectivity index (χ3n) is 5.74. The summed E-state index contributed by atoms with van der Waals surface area (Å²) in [4.78, 5) is 11.7. The fourth-order valence-electron chi connectivity index (χ4n) is 4.74. The molecular weight excluding hydrogens is 260 g/mol. The minimum Gasteiger partial charge on any atom is -0.458 e. The van der Waals surface area contributed by atoms with Crippen molar-refractivity contribution in [3.63, 3.8) is 0 Å². The molecule has 0 radical (unpaired) electrons. The van der Waals surface area contributed by atoms with Crippen LogP contribution >= 0.6 is 0 Å². The summed E-state index contributed by atoms with van der Waals surface area (Å²) in [6.07, 6.45) is -0.627. The van der Waals surface area contributed by atoms with Gasteiger partial charge in [0, 0.05) is 16.9 Å². The predicted octanol–water partition coefficient (Wildman–Crippen LogP) is 0.377. The Morgan fingerprint density at radius 1 is 1.35 bits per heavy atom. The molecule has 3 aliphatic rings. The zero-order chi connectivity index (χ0) is 14.9. The van der Waals surface area contributed by atoms with Gasteiger partial charge in [-0.1, -0.05) is 13.5 Å². The van der Waals surface area contributed by atoms with Gasteiger partial charge in [0.25, 0.3) is 0 Å². The third-order valence-corrected chi connectivity index (χ3v) is 5.74. The highest BCUT2D eigenvalue weighted by Gasteiger charge is 2.64. The molecule has 0 spiro atoms. The number of aliphatic hydroxyl groups excluding tert-OH is 2. The van der Waals surface area contributed by atoms with Crippen LogP contribution in [0.4, 0.5) is 0 Å². The van der Waals surface area contributed by atoms with Gasteiger partial charge in [-0.3, -0.25) is 0 Å². The Morgan fingerprint density at radius 3 is 2.65 bits per heavy atom. The summed E-state index contributed by atoms with van der Waals surface area (Å²) in [5.41, 5.74) is -1.45. The molecule has 1 saturated heterocycles. The molecule has 1 aliphatic heterocycles. The lowest BCUT2D eigenvalue weighted by atomic mass is 9.50. The molecule has 3 rings (SSSR count). The first-order valence-corrected chi connectivity index (χ1v) is 7.17. The summed E-state index contributed by atoms with van der Waals surface area (Å²) in [6, 6.07) is 0. The van der Waals surface area contributed by atoms with E-state index in [0.717, 1.165) is 0 Å². The number of hydrogen-bond donors (Lipinski definition) is 3. The maximum atomic E-state index is 11.7. The van der Waals surface area contributed by atoms with Gasteiger partial charge < -0.3 is 20.1 Å². The Balaban J connectivity index is 2.04. The molecule has 3 N–H and O–H groups in total. The van der Waals surface area contributed by atoms with E-state index in [2.05, 4.69) is 6.58 Å². The Labute approximate surface area is 118 Å². The van der Waals surface area contributed by atoms with E-state index in [4.69, 9.17) is 4.74 Å². The van der Waals surface area contributed by atoms with E-state index in [1.807, 2.05) is 6.92 Å². The van der Waals surface area contributed by atoms with Gasteiger partial charge in [-0.05, 0) is 26.2 Å². The van der Waals surface area contributed by atoms with E-state index < -0.39 is 47.1 Å². The normalized spacial score (nSPS) is 55.1. The van der Waals surface area contributed by atoms with Crippen molar-refractivity contribution >= 4 is 5.97 Å². The second kappa shape index (κ2) is 4.06. The molecule has 0 aromatic carbocycles. The van der Waals surface area contributed by atoms with Gasteiger partial charge in [0.2, 0.25) is 0 Å². The molecule has 5 nitrogen and oxygen atoms in total. The number of esters is 1. The Morgan fingerprint density at radius 2 is 2.00 bits per heavy atom. The molecule has 0 aromatic rings. The van der Waals surface area contributed by atoms with Crippen LogP contribution in [0.15, 0.2) is 12.2 Å². The Hall–Kier alpha value is -0.910. The lowest BCUT2D eigenvalue weighted by Gasteiger charge is -2.58. The molecule has 0 bridgehead atoms. The first-order valence-electron chi connectivity index (χ1n) is 7.17. The average Bonchev–Trinajstić information content (AvgIpc) is 2.60. The third kappa shape index (κ3) is 1.63. The highest BCUT2D eigenvalue weighted by molar-refractivity contribution is 5.91. The summed E-state index contributed by atoms with van der Waals surface area (Å²) in [6.45, 7) is 7.28. The van der Waals surface area contributed by atoms with Gasteiger partial charge in [0.15, 0.2) is 0 Å². The van der Waals surface area contributed by atoms with E-state index in [0.29, 0.717) is 19.3 Å². The number of rotatable bonds is 0. The summed E-state index contributed by atoms with van der Waals surface area (Å²) >= 11 is 0. The molecule has 0 amide bonds. The topological polar surface area (TPSA) is 87.0 Å². The first kappa shape index (κ1) is 14.0. The first-order chi connectivity index (χ1) is 9.18. The van der Waals surface area contributed by atoms with Crippen LogP contribution in [0.5, 0.6) is 0 Å². The Kier molecular flexibility index (Phi) is 2.85. The van der Waals surface area contributed by atoms with E-state index >= 15 is 0 Å². The smallest absolute Gasteiger partial charge is 0.334 e. The second-order valence-electron chi connectivity index (χ2n) is 7.08. The lowest BCUT2D eigenvalue weighted by molar-refractivity contribution is -0.227. The molecule has 0 aromatic heterocycles. The number of hydrogen-bond acceptors (Lipinski definition) is 5. The highest BCUT2D eigenvalue weighted by Crippen LogP contribution is 2.58. The van der Waals surface area contributed by atoms with Gasteiger partial charge in [0.05, 0.1) is 23.7 Å². The Bertz CT molecular complexity index is 471. The number of carbonyl (C=O) groups is 1. The van der Waals surface area contributed by atoms with Crippen molar-refractivity contribution in [1.82, 2.24) is 0 Å². The van der Waals surface area contributed by atoms with Crippen LogP contribution in [-0.2, 0) is 9.53 Å². The van der Waals surface area contributed by atoms with E-state index in [-0.39, 0.29) is 5.57 Å². The summed E-state index contributed by atoms with van der Waals surface area (Å²) in [7, 11) is 0. The maximum absolute atomic E-state index is 11.7. The van der Waals surface area contributed by atoms with Crippen molar-refractivity contribution in [2.75, 3.05) is 0 Å². The van der Waals surface area contributed by atoms with Crippen LogP contribution in [0, 0.1) is 17.3 Å². The van der Waals surface area contributed by atoms with Crippen LogP contribution in [0.1, 0.15) is 33.1 Å². The lowest BCUT2D eigenvalue weighted by Crippen LogP contribution is -2.65. The fourth-order valence-corrected chi connectivity index (χ4v) is 4.74. The fraction of sp³-hybridized carbons (Fsp3) is 0.800. The van der Waals surface area contributed by atoms with Crippen molar-refractivity contribution in [3.05, 3.63) is 12.2 Å². The maximum Gasteiger partial charge on any atom is 0.334 e. The largest absolute Gasteiger partial charge is 0.458 e. The minimum absolute atomic E-state index is 0.278. The van der Waals surface area contributed by atoms with Gasteiger partial charge in [-0.2, -0.15) is 0 Å². The van der Waals surface area contributed by atoms with Crippen LogP contribution < -0.4 is 0 Å². The number of carbonyl (C=O) groups excluding carboxylic acids is 1. The summed E-state index contributed by atoms with van der Waals surface area (Å²) in [5.74, 6) is -1.45. The van der Waals surface area contributed by atoms with Crippen molar-refractivity contribution in [1.29, 1.82) is 0 Å². The molecule has 2 aliphatic carbocycles. The monoisotopic (exact) mass is 282 g/mol. The van der Waals surface area contributed by atoms with Gasteiger partial charge in [-0.25, -0.2) is 4.79 Å². The summed E-state index contributed by atoms with van der Waals surface area (Å²) in [5, 5.41) is 31.8. The number of ether oxygens (including phenoxy) is 1. The highest BCUT2D eigenvalue weighted by atomic mass is 16.6. The van der Waals surface area contributed by atoms with Crippen LogP contribution in [0.3, 0.4) is 0 Å². The molecule has 112 valence electrons. The van der Waals surface area contributed by atoms with Gasteiger partial charge in [-0.15, -0.1) is 0 Å². The second-order valence-corrected chi connectivity index (χ2v) is 7.08. The molecular formula is C15H22O5. The molecule has 1 unspecified atom stereocenters. The minimum atomic E-state index is -1.07. The van der Waals surface area contributed by atoms with Crippen molar-refractivity contribution in [2.45, 2.75) is 57.0 Å². The zero-order valence-electron chi connectivity index (χ0n) is 11.9. The van der Waals surface area contributed by atoms with Crippen molar-refractivity contribution < 1.29 is 24.9 Å². The summed E-state index contributed by atoms with van der Waals surface area (Å²) < 4.78 is 5.29. The van der Waals surface area contributed by atoms with E-state index in [1.165, 1.54) is 0 Å². The van der Waals surface area contributed by atoms with Gasteiger partial charge >= 0.3 is 5.97 Å². The number of aliphatic hydroxyl groups is 3. The van der Waals surface area contributed by atoms with E-state index in [9.17, 15) is 20.1 Å². The zero-order valence-corrected chi connectivity index (χ0v) is 11.9. The standard InChI is InChI=1S/C15H22O5/c1-7-10-8(20-13(7)18)6-14(2)9(16)4-5-15(3,19)12(14)11(10)17/h8-12,16-17,19H,1,4-6H2,2-3H3/t8-,9+,10+,11-,12?,14-,15+/m0/s1. The molecule has 20 heavy (non-hydrogen) atoms. The molecule has 3 fully saturated rings. The van der Waals surface area contributed by atoms with Crippen LogP contribution in [-0.4, -0.2) is 45.2 Å². The van der Waals surface area contributed by atoms with Crippen molar-refractivity contribution in [3.8, 4) is 0 Å². The predicted molar refractivity (Wildman–Crippen MR) is 70.6 cm³/mol. The van der Waals surface area contributed by atoms with Crippen LogP contribution in [0.25, 0.3) is 0 Å². The molecule has 1 heterocycles.